The van der Waals surface area contributed by atoms with Crippen LogP contribution in [0.1, 0.15) is 18.1 Å². The van der Waals surface area contributed by atoms with Crippen molar-refractivity contribution in [3.63, 3.8) is 0 Å². The van der Waals surface area contributed by atoms with Gasteiger partial charge in [0.05, 0.1) is 5.16 Å². The van der Waals surface area contributed by atoms with E-state index in [0.29, 0.717) is 18.6 Å². The third-order valence-electron chi connectivity index (χ3n) is 4.51. The molecule has 0 saturated carbocycles. The molecule has 0 aliphatic heterocycles. The van der Waals surface area contributed by atoms with E-state index < -0.39 is 12.8 Å². The van der Waals surface area contributed by atoms with Crippen LogP contribution in [0.4, 0.5) is 0 Å². The molecule has 0 aliphatic carbocycles. The van der Waals surface area contributed by atoms with Gasteiger partial charge in [-0.15, -0.1) is 0 Å². The molecule has 0 fully saturated rings. The lowest BCUT2D eigenvalue weighted by Gasteiger charge is -2.33. The Labute approximate surface area is 154 Å². The van der Waals surface area contributed by atoms with Crippen molar-refractivity contribution in [2.24, 2.45) is 0 Å². The summed E-state index contributed by atoms with van der Waals surface area (Å²) in [6, 6.07) is 28.4. The summed E-state index contributed by atoms with van der Waals surface area (Å²) in [6.45, 7) is 1.83. The van der Waals surface area contributed by atoms with Crippen LogP contribution in [-0.4, -0.2) is 10.0 Å². The van der Waals surface area contributed by atoms with Crippen molar-refractivity contribution in [1.29, 1.82) is 0 Å². The summed E-state index contributed by atoms with van der Waals surface area (Å²) in [7, 11) is -3.97. The van der Waals surface area contributed by atoms with Crippen molar-refractivity contribution in [3.8, 4) is 5.75 Å². The Morgan fingerprint density at radius 1 is 0.769 bits per heavy atom. The Bertz CT molecular complexity index is 822. The molecule has 0 saturated heterocycles. The van der Waals surface area contributed by atoms with Crippen molar-refractivity contribution in [3.05, 3.63) is 102 Å². The van der Waals surface area contributed by atoms with Crippen LogP contribution in [-0.2, 0) is 17.4 Å². The third kappa shape index (κ3) is 4.43. The first-order chi connectivity index (χ1) is 12.5. The molecule has 0 heterocycles. The van der Waals surface area contributed by atoms with E-state index >= 15 is 0 Å². The number of para-hydroxylation sites is 1. The molecule has 0 aliphatic rings. The second-order valence-electron chi connectivity index (χ2n) is 6.75. The van der Waals surface area contributed by atoms with Gasteiger partial charge in [0.1, 0.15) is 5.75 Å². The maximum absolute atomic E-state index is 13.3. The molecule has 0 amide bonds. The minimum absolute atomic E-state index is 0.408. The fraction of sp³-hybridized carbons (Fsp3) is 0.182. The zero-order valence-corrected chi connectivity index (χ0v) is 15.7. The maximum atomic E-state index is 13.3. The second kappa shape index (κ2) is 7.90. The first-order valence-electron chi connectivity index (χ1n) is 8.64. The van der Waals surface area contributed by atoms with Crippen LogP contribution in [0.2, 0.25) is 0 Å². The van der Waals surface area contributed by atoms with E-state index in [0.717, 1.165) is 11.1 Å². The molecule has 3 aromatic carbocycles. The molecule has 0 radical (unpaired) electrons. The molecule has 3 nitrogen and oxygen atoms in total. The van der Waals surface area contributed by atoms with Gasteiger partial charge in [-0.1, -0.05) is 78.9 Å². The predicted molar refractivity (Wildman–Crippen MR) is 106 cm³/mol. The second-order valence-corrected chi connectivity index (χ2v) is 9.05. The lowest BCUT2D eigenvalue weighted by Crippen LogP contribution is -2.32. The third-order valence-corrected chi connectivity index (χ3v) is 6.65. The van der Waals surface area contributed by atoms with Gasteiger partial charge in [0.25, 0.3) is 0 Å². The lowest BCUT2D eigenvalue weighted by atomic mass is 9.93. The van der Waals surface area contributed by atoms with Crippen LogP contribution in [0, 0.1) is 0 Å². The van der Waals surface area contributed by atoms with Gasteiger partial charge in [-0.25, -0.2) is 4.57 Å². The predicted octanol–water partition coefficient (Wildman–Crippen LogP) is 5.49. The van der Waals surface area contributed by atoms with Crippen molar-refractivity contribution >= 4 is 7.60 Å². The molecule has 0 spiro atoms. The van der Waals surface area contributed by atoms with Gasteiger partial charge in [0.15, 0.2) is 0 Å². The van der Waals surface area contributed by atoms with Crippen LogP contribution in [0.15, 0.2) is 91.0 Å². The number of hydrogen-bond donors (Lipinski definition) is 1. The van der Waals surface area contributed by atoms with E-state index in [-0.39, 0.29) is 0 Å². The molecule has 3 rings (SSSR count). The largest absolute Gasteiger partial charge is 0.424 e. The van der Waals surface area contributed by atoms with Crippen LogP contribution < -0.4 is 4.52 Å². The SMILES string of the molecule is CC(Cc1ccccc1)(Cc1ccccc1)P(=O)(O)Oc1ccccc1. The van der Waals surface area contributed by atoms with Crippen LogP contribution in [0.25, 0.3) is 0 Å². The van der Waals surface area contributed by atoms with Crippen LogP contribution in [0.3, 0.4) is 0 Å². The van der Waals surface area contributed by atoms with Gasteiger partial charge in [-0.05, 0) is 43.0 Å². The number of benzene rings is 3. The van der Waals surface area contributed by atoms with Crippen LogP contribution in [0.5, 0.6) is 5.75 Å². The highest BCUT2D eigenvalue weighted by Gasteiger charge is 2.46. The molecular weight excluding hydrogens is 343 g/mol. The van der Waals surface area contributed by atoms with Gasteiger partial charge in [0, 0.05) is 0 Å². The highest BCUT2D eigenvalue weighted by Crippen LogP contribution is 2.57. The summed E-state index contributed by atoms with van der Waals surface area (Å²) in [5.41, 5.74) is 2.02. The van der Waals surface area contributed by atoms with Gasteiger partial charge in [0.2, 0.25) is 0 Å². The summed E-state index contributed by atoms with van der Waals surface area (Å²) in [6.07, 6.45) is 0.896. The Hall–Kier alpha value is -2.35. The van der Waals surface area contributed by atoms with E-state index in [1.54, 1.807) is 24.3 Å². The molecule has 1 unspecified atom stereocenters. The highest BCUT2D eigenvalue weighted by molar-refractivity contribution is 7.55. The molecule has 26 heavy (non-hydrogen) atoms. The van der Waals surface area contributed by atoms with Gasteiger partial charge < -0.3 is 9.42 Å². The Balaban J connectivity index is 1.94. The summed E-state index contributed by atoms with van der Waals surface area (Å²) in [5, 5.41) is -0.953. The molecule has 3 aromatic rings. The quantitative estimate of drug-likeness (QED) is 0.562. The van der Waals surface area contributed by atoms with Crippen molar-refractivity contribution in [1.82, 2.24) is 0 Å². The topological polar surface area (TPSA) is 46.5 Å². The molecule has 1 atom stereocenters. The molecular formula is C22H23O3P. The summed E-state index contributed by atoms with van der Waals surface area (Å²) in [4.78, 5) is 10.9. The Morgan fingerprint density at radius 2 is 1.15 bits per heavy atom. The molecule has 1 N–H and O–H groups in total. The first kappa shape index (κ1) is 18.4. The standard InChI is InChI=1S/C22H23O3P/c1-22(17-19-11-5-2-6-12-19,18-20-13-7-3-8-14-20)26(23,24)25-21-15-9-4-10-16-21/h2-16H,17-18H2,1H3,(H,23,24). The monoisotopic (exact) mass is 366 g/mol. The van der Waals surface area contributed by atoms with Crippen LogP contribution >= 0.6 is 7.60 Å². The molecule has 4 heteroatoms. The minimum atomic E-state index is -3.97. The molecule has 0 aromatic heterocycles. The smallest absolute Gasteiger partial charge is 0.383 e. The normalized spacial score (nSPS) is 13.8. The highest BCUT2D eigenvalue weighted by atomic mass is 31.2. The van der Waals surface area contributed by atoms with E-state index in [1.807, 2.05) is 73.7 Å². The zero-order chi connectivity index (χ0) is 18.5. The Kier molecular flexibility index (Phi) is 5.61. The van der Waals surface area contributed by atoms with Gasteiger partial charge >= 0.3 is 7.60 Å². The number of hydrogen-bond acceptors (Lipinski definition) is 2. The van der Waals surface area contributed by atoms with E-state index in [4.69, 9.17) is 4.52 Å². The zero-order valence-electron chi connectivity index (χ0n) is 14.8. The fourth-order valence-electron chi connectivity index (χ4n) is 3.07. The summed E-state index contributed by atoms with van der Waals surface area (Å²) < 4.78 is 19.0. The lowest BCUT2D eigenvalue weighted by molar-refractivity contribution is 0.334. The van der Waals surface area contributed by atoms with Crippen molar-refractivity contribution in [2.45, 2.75) is 24.9 Å². The van der Waals surface area contributed by atoms with Gasteiger partial charge in [-0.3, -0.25) is 0 Å². The summed E-state index contributed by atoms with van der Waals surface area (Å²) >= 11 is 0. The number of rotatable bonds is 7. The minimum Gasteiger partial charge on any atom is -0.424 e. The average Bonchev–Trinajstić information content (AvgIpc) is 2.63. The van der Waals surface area contributed by atoms with E-state index in [2.05, 4.69) is 0 Å². The summed E-state index contributed by atoms with van der Waals surface area (Å²) in [5.74, 6) is 0.408. The van der Waals surface area contributed by atoms with E-state index in [9.17, 15) is 9.46 Å². The Morgan fingerprint density at radius 3 is 1.58 bits per heavy atom. The first-order valence-corrected chi connectivity index (χ1v) is 10.2. The maximum Gasteiger partial charge on any atom is 0.383 e. The van der Waals surface area contributed by atoms with Gasteiger partial charge in [-0.2, -0.15) is 0 Å². The van der Waals surface area contributed by atoms with Crippen molar-refractivity contribution < 1.29 is 14.0 Å². The molecule has 134 valence electrons. The van der Waals surface area contributed by atoms with Crippen molar-refractivity contribution in [2.75, 3.05) is 0 Å². The molecule has 0 bridgehead atoms. The van der Waals surface area contributed by atoms with E-state index in [1.165, 1.54) is 0 Å². The average molecular weight is 366 g/mol. The fourth-order valence-corrected chi connectivity index (χ4v) is 4.46.